The first-order valence-corrected chi connectivity index (χ1v) is 6.96. The van der Waals surface area contributed by atoms with Crippen LogP contribution in [0.25, 0.3) is 5.69 Å². The van der Waals surface area contributed by atoms with E-state index in [9.17, 15) is 10.1 Å². The smallest absolute Gasteiger partial charge is 0.311 e. The molecule has 0 aliphatic heterocycles. The van der Waals surface area contributed by atoms with Crippen molar-refractivity contribution in [1.29, 1.82) is 0 Å². The number of anilines is 1. The van der Waals surface area contributed by atoms with Crippen LogP contribution in [0.2, 0.25) is 0 Å². The van der Waals surface area contributed by atoms with Crippen LogP contribution in [0.1, 0.15) is 18.5 Å². The van der Waals surface area contributed by atoms with Crippen LogP contribution in [0.3, 0.4) is 0 Å². The molecule has 8 nitrogen and oxygen atoms in total. The number of aromatic nitrogens is 4. The molecule has 8 heteroatoms. The zero-order valence-corrected chi connectivity index (χ0v) is 12.3. The van der Waals surface area contributed by atoms with Gasteiger partial charge in [0.25, 0.3) is 0 Å². The number of hydrogen-bond donors (Lipinski definition) is 1. The van der Waals surface area contributed by atoms with Gasteiger partial charge in [-0.05, 0) is 30.7 Å². The molecule has 3 rings (SSSR count). The Balaban J connectivity index is 1.79. The highest BCUT2D eigenvalue weighted by Gasteiger charge is 2.16. The van der Waals surface area contributed by atoms with Crippen molar-refractivity contribution < 1.29 is 4.92 Å². The van der Waals surface area contributed by atoms with E-state index in [1.165, 1.54) is 18.6 Å². The van der Waals surface area contributed by atoms with E-state index in [4.69, 9.17) is 0 Å². The Morgan fingerprint density at radius 1 is 1.26 bits per heavy atom. The normalized spacial score (nSPS) is 11.9. The van der Waals surface area contributed by atoms with Crippen molar-refractivity contribution in [3.05, 3.63) is 70.9 Å². The fourth-order valence-electron chi connectivity index (χ4n) is 2.20. The van der Waals surface area contributed by atoms with Gasteiger partial charge < -0.3 is 5.32 Å². The standard InChI is InChI=1S/C15H14N6O2/c1-11(19-15-14(21(22)23)3-2-8-17-15)12-4-6-13(7-5-12)20-10-16-9-18-20/h2-11H,1H3,(H,17,19)/t11-/m0/s1. The molecule has 0 aliphatic carbocycles. The molecule has 0 amide bonds. The van der Waals surface area contributed by atoms with Gasteiger partial charge in [-0.3, -0.25) is 10.1 Å². The molecule has 1 N–H and O–H groups in total. The van der Waals surface area contributed by atoms with E-state index in [-0.39, 0.29) is 17.5 Å². The molecule has 1 aromatic carbocycles. The fourth-order valence-corrected chi connectivity index (χ4v) is 2.20. The predicted molar refractivity (Wildman–Crippen MR) is 84.3 cm³/mol. The van der Waals surface area contributed by atoms with E-state index >= 15 is 0 Å². The van der Waals surface area contributed by atoms with Crippen LogP contribution in [0.15, 0.2) is 55.2 Å². The number of hydrogen-bond acceptors (Lipinski definition) is 6. The van der Waals surface area contributed by atoms with Gasteiger partial charge in [0.05, 0.1) is 16.7 Å². The summed E-state index contributed by atoms with van der Waals surface area (Å²) < 4.78 is 1.66. The second kappa shape index (κ2) is 6.22. The van der Waals surface area contributed by atoms with E-state index < -0.39 is 4.92 Å². The summed E-state index contributed by atoms with van der Waals surface area (Å²) in [6, 6.07) is 10.5. The van der Waals surface area contributed by atoms with Gasteiger partial charge in [-0.25, -0.2) is 14.6 Å². The second-order valence-corrected chi connectivity index (χ2v) is 4.93. The third-order valence-electron chi connectivity index (χ3n) is 3.41. The van der Waals surface area contributed by atoms with Crippen LogP contribution in [-0.2, 0) is 0 Å². The SMILES string of the molecule is C[C@H](Nc1ncccc1[N+](=O)[O-])c1ccc(-n2cncn2)cc1. The Morgan fingerprint density at radius 2 is 2.04 bits per heavy atom. The van der Waals surface area contributed by atoms with Gasteiger partial charge in [-0.2, -0.15) is 5.10 Å². The Bertz CT molecular complexity index is 801. The van der Waals surface area contributed by atoms with Crippen molar-refractivity contribution in [3.8, 4) is 5.69 Å². The summed E-state index contributed by atoms with van der Waals surface area (Å²) >= 11 is 0. The third-order valence-corrected chi connectivity index (χ3v) is 3.41. The van der Waals surface area contributed by atoms with Crippen LogP contribution in [0, 0.1) is 10.1 Å². The Kier molecular flexibility index (Phi) is 3.96. The summed E-state index contributed by atoms with van der Waals surface area (Å²) in [5.41, 5.74) is 1.83. The van der Waals surface area contributed by atoms with Crippen molar-refractivity contribution in [2.75, 3.05) is 5.32 Å². The van der Waals surface area contributed by atoms with E-state index in [2.05, 4.69) is 20.4 Å². The highest BCUT2D eigenvalue weighted by Crippen LogP contribution is 2.25. The molecule has 0 aliphatic rings. The molecule has 0 spiro atoms. The molecule has 1 atom stereocenters. The lowest BCUT2D eigenvalue weighted by molar-refractivity contribution is -0.384. The Labute approximate surface area is 132 Å². The maximum Gasteiger partial charge on any atom is 0.311 e. The number of nitrogens with one attached hydrogen (secondary N) is 1. The third kappa shape index (κ3) is 3.15. The second-order valence-electron chi connectivity index (χ2n) is 4.93. The van der Waals surface area contributed by atoms with Gasteiger partial charge in [0.15, 0.2) is 0 Å². The topological polar surface area (TPSA) is 98.8 Å². The lowest BCUT2D eigenvalue weighted by Gasteiger charge is -2.15. The van der Waals surface area contributed by atoms with Crippen LogP contribution in [0.5, 0.6) is 0 Å². The summed E-state index contributed by atoms with van der Waals surface area (Å²) in [5.74, 6) is 0.255. The number of rotatable bonds is 5. The summed E-state index contributed by atoms with van der Waals surface area (Å²) in [5, 5.41) is 18.2. The number of nitro groups is 1. The average molecular weight is 310 g/mol. The van der Waals surface area contributed by atoms with Crippen LogP contribution < -0.4 is 5.32 Å². The molecule has 2 aromatic heterocycles. The van der Waals surface area contributed by atoms with Crippen molar-refractivity contribution in [1.82, 2.24) is 19.7 Å². The van der Waals surface area contributed by atoms with E-state index in [0.29, 0.717) is 0 Å². The van der Waals surface area contributed by atoms with Gasteiger partial charge in [-0.15, -0.1) is 0 Å². The molecule has 0 saturated heterocycles. The molecular weight excluding hydrogens is 296 g/mol. The van der Waals surface area contributed by atoms with Gasteiger partial charge in [0, 0.05) is 12.3 Å². The molecule has 23 heavy (non-hydrogen) atoms. The monoisotopic (exact) mass is 310 g/mol. The molecule has 0 saturated carbocycles. The lowest BCUT2D eigenvalue weighted by atomic mass is 10.1. The summed E-state index contributed by atoms with van der Waals surface area (Å²) in [7, 11) is 0. The maximum absolute atomic E-state index is 11.0. The maximum atomic E-state index is 11.0. The average Bonchev–Trinajstić information content (AvgIpc) is 3.10. The first kappa shape index (κ1) is 14.6. The number of pyridine rings is 1. The highest BCUT2D eigenvalue weighted by molar-refractivity contribution is 5.56. The minimum Gasteiger partial charge on any atom is -0.358 e. The molecule has 2 heterocycles. The number of nitrogens with zero attached hydrogens (tertiary/aromatic N) is 5. The first-order valence-electron chi connectivity index (χ1n) is 6.96. The zero-order chi connectivity index (χ0) is 16.2. The lowest BCUT2D eigenvalue weighted by Crippen LogP contribution is -2.10. The van der Waals surface area contributed by atoms with Gasteiger partial charge in [-0.1, -0.05) is 12.1 Å². The Morgan fingerprint density at radius 3 is 2.70 bits per heavy atom. The van der Waals surface area contributed by atoms with E-state index in [0.717, 1.165) is 11.3 Å². The zero-order valence-electron chi connectivity index (χ0n) is 12.3. The summed E-state index contributed by atoms with van der Waals surface area (Å²) in [6.07, 6.45) is 4.61. The minimum atomic E-state index is -0.449. The predicted octanol–water partition coefficient (Wildman–Crippen LogP) is 2.74. The summed E-state index contributed by atoms with van der Waals surface area (Å²) in [6.45, 7) is 1.92. The molecular formula is C15H14N6O2. The molecule has 0 unspecified atom stereocenters. The molecule has 0 bridgehead atoms. The Hall–Kier alpha value is -3.29. The van der Waals surface area contributed by atoms with Crippen LogP contribution in [0.4, 0.5) is 11.5 Å². The molecule has 0 radical (unpaired) electrons. The molecule has 0 fully saturated rings. The quantitative estimate of drug-likeness (QED) is 0.574. The number of benzene rings is 1. The van der Waals surface area contributed by atoms with Crippen LogP contribution in [-0.4, -0.2) is 24.7 Å². The highest BCUT2D eigenvalue weighted by atomic mass is 16.6. The first-order chi connectivity index (χ1) is 11.1. The summed E-state index contributed by atoms with van der Waals surface area (Å²) in [4.78, 5) is 18.5. The van der Waals surface area contributed by atoms with Crippen molar-refractivity contribution in [3.63, 3.8) is 0 Å². The largest absolute Gasteiger partial charge is 0.358 e. The van der Waals surface area contributed by atoms with E-state index in [1.54, 1.807) is 17.1 Å². The van der Waals surface area contributed by atoms with Gasteiger partial charge in [0.1, 0.15) is 12.7 Å². The fraction of sp³-hybridized carbons (Fsp3) is 0.133. The van der Waals surface area contributed by atoms with E-state index in [1.807, 2.05) is 31.2 Å². The molecule has 116 valence electrons. The van der Waals surface area contributed by atoms with Crippen LogP contribution >= 0.6 is 0 Å². The minimum absolute atomic E-state index is 0.0430. The van der Waals surface area contributed by atoms with Gasteiger partial charge in [0.2, 0.25) is 5.82 Å². The molecule has 3 aromatic rings. The van der Waals surface area contributed by atoms with Crippen molar-refractivity contribution in [2.24, 2.45) is 0 Å². The van der Waals surface area contributed by atoms with Crippen molar-refractivity contribution >= 4 is 11.5 Å². The van der Waals surface area contributed by atoms with Crippen molar-refractivity contribution in [2.45, 2.75) is 13.0 Å². The van der Waals surface area contributed by atoms with Gasteiger partial charge >= 0.3 is 5.69 Å².